The van der Waals surface area contributed by atoms with Gasteiger partial charge in [0.05, 0.1) is 0 Å². The molecule has 0 fully saturated rings. The first kappa shape index (κ1) is 13.6. The van der Waals surface area contributed by atoms with Crippen molar-refractivity contribution in [2.75, 3.05) is 0 Å². The van der Waals surface area contributed by atoms with Crippen molar-refractivity contribution in [1.29, 1.82) is 0 Å². The molecule has 0 aliphatic heterocycles. The fraction of sp³-hybridized carbons (Fsp3) is 0.0625. The van der Waals surface area contributed by atoms with E-state index in [0.717, 1.165) is 16.7 Å². The summed E-state index contributed by atoms with van der Waals surface area (Å²) in [4.78, 5) is 11.1. The number of carboxylic acid groups (broad SMARTS) is 1. The number of aliphatic carboxylic acids is 1. The van der Waals surface area contributed by atoms with Crippen LogP contribution in [0.3, 0.4) is 0 Å². The molecule has 0 radical (unpaired) electrons. The molecule has 0 saturated carbocycles. The van der Waals surface area contributed by atoms with Gasteiger partial charge in [0.2, 0.25) is 0 Å². The van der Waals surface area contributed by atoms with E-state index in [1.54, 1.807) is 0 Å². The Morgan fingerprint density at radius 3 is 2.32 bits per heavy atom. The van der Waals surface area contributed by atoms with Crippen LogP contribution in [-0.2, 0) is 4.79 Å². The Balaban J connectivity index is 2.60. The maximum atomic E-state index is 11.1. The van der Waals surface area contributed by atoms with Gasteiger partial charge in [0.25, 0.3) is 0 Å². The van der Waals surface area contributed by atoms with E-state index in [4.69, 9.17) is 5.11 Å². The number of hydrogen-bond donors (Lipinski definition) is 1. The number of carbonyl (C=O) groups is 1. The van der Waals surface area contributed by atoms with Crippen LogP contribution >= 0.6 is 0 Å². The van der Waals surface area contributed by atoms with Crippen LogP contribution in [0.1, 0.15) is 11.1 Å². The van der Waals surface area contributed by atoms with Crippen LogP contribution in [0.5, 0.6) is 0 Å². The average molecular weight is 317 g/mol. The van der Waals surface area contributed by atoms with E-state index < -0.39 is 5.97 Å². The maximum absolute atomic E-state index is 11.1. The summed E-state index contributed by atoms with van der Waals surface area (Å²) in [5, 5.41) is 9.10. The molecule has 0 spiro atoms. The van der Waals surface area contributed by atoms with Crippen molar-refractivity contribution in [3.63, 3.8) is 0 Å². The van der Waals surface area contributed by atoms with Crippen molar-refractivity contribution >= 4 is 31.0 Å². The molecule has 0 unspecified atom stereocenters. The van der Waals surface area contributed by atoms with Crippen LogP contribution < -0.4 is 4.46 Å². The second-order valence-electron chi connectivity index (χ2n) is 3.96. The van der Waals surface area contributed by atoms with Crippen LogP contribution in [0.2, 0.25) is 5.82 Å². The van der Waals surface area contributed by atoms with Crippen molar-refractivity contribution in [2.24, 2.45) is 0 Å². The summed E-state index contributed by atoms with van der Waals surface area (Å²) in [6.07, 6.45) is 1.29. The molecular weight excluding hydrogens is 303 g/mol. The molecule has 0 aromatic heterocycles. The van der Waals surface area contributed by atoms with Crippen molar-refractivity contribution < 1.29 is 9.90 Å². The average Bonchev–Trinajstić information content (AvgIpc) is 2.45. The molecule has 0 aliphatic carbocycles. The molecule has 3 heteroatoms. The Kier molecular flexibility index (Phi) is 4.56. The molecule has 2 rings (SSSR count). The zero-order valence-electron chi connectivity index (χ0n) is 10.5. The summed E-state index contributed by atoms with van der Waals surface area (Å²) in [6.45, 7) is 0. The van der Waals surface area contributed by atoms with Crippen molar-refractivity contribution in [2.45, 2.75) is 5.82 Å². The fourth-order valence-corrected chi connectivity index (χ4v) is 3.21. The van der Waals surface area contributed by atoms with E-state index in [9.17, 15) is 4.79 Å². The summed E-state index contributed by atoms with van der Waals surface area (Å²) >= 11 is 0.322. The van der Waals surface area contributed by atoms with Gasteiger partial charge in [-0.25, -0.2) is 0 Å². The Morgan fingerprint density at radius 1 is 1.05 bits per heavy atom. The van der Waals surface area contributed by atoms with Gasteiger partial charge in [-0.05, 0) is 0 Å². The third-order valence-corrected chi connectivity index (χ3v) is 4.42. The van der Waals surface area contributed by atoms with Crippen LogP contribution in [0.25, 0.3) is 5.57 Å². The van der Waals surface area contributed by atoms with Gasteiger partial charge in [0, 0.05) is 0 Å². The molecule has 96 valence electrons. The summed E-state index contributed by atoms with van der Waals surface area (Å²) in [6, 6.07) is 17.6. The normalized spacial score (nSPS) is 11.3. The Bertz CT molecular complexity index is 603. The van der Waals surface area contributed by atoms with Gasteiger partial charge in [0.1, 0.15) is 0 Å². The third kappa shape index (κ3) is 3.34. The fourth-order valence-electron chi connectivity index (χ4n) is 1.92. The Morgan fingerprint density at radius 2 is 1.68 bits per heavy atom. The summed E-state index contributed by atoms with van der Waals surface area (Å²) in [5.41, 5.74) is 2.72. The summed E-state index contributed by atoms with van der Waals surface area (Å²) in [7, 11) is 0. The zero-order valence-corrected chi connectivity index (χ0v) is 12.3. The predicted octanol–water partition coefficient (Wildman–Crippen LogP) is 2.58. The first-order valence-corrected chi connectivity index (χ1v) is 8.43. The molecule has 0 amide bonds. The van der Waals surface area contributed by atoms with Gasteiger partial charge < -0.3 is 0 Å². The number of rotatable bonds is 4. The van der Waals surface area contributed by atoms with E-state index in [1.807, 2.05) is 48.5 Å². The van der Waals surface area contributed by atoms with E-state index >= 15 is 0 Å². The second-order valence-corrected chi connectivity index (χ2v) is 5.74. The van der Waals surface area contributed by atoms with Crippen molar-refractivity contribution in [3.05, 3.63) is 71.8 Å². The molecule has 19 heavy (non-hydrogen) atoms. The van der Waals surface area contributed by atoms with Crippen molar-refractivity contribution in [1.82, 2.24) is 0 Å². The second kappa shape index (κ2) is 6.37. The van der Waals surface area contributed by atoms with Crippen molar-refractivity contribution in [3.8, 4) is 0 Å². The predicted molar refractivity (Wildman–Crippen MR) is 78.9 cm³/mol. The summed E-state index contributed by atoms with van der Waals surface area (Å²) in [5.74, 6) is 1.21. The van der Waals surface area contributed by atoms with Gasteiger partial charge >= 0.3 is 118 Å². The topological polar surface area (TPSA) is 37.3 Å². The molecule has 2 nitrogen and oxygen atoms in total. The van der Waals surface area contributed by atoms with E-state index in [2.05, 4.69) is 11.9 Å². The van der Waals surface area contributed by atoms with Crippen LogP contribution in [0, 0.1) is 0 Å². The third-order valence-electron chi connectivity index (χ3n) is 2.75. The molecule has 2 aromatic carbocycles. The minimum atomic E-state index is -0.919. The van der Waals surface area contributed by atoms with Gasteiger partial charge in [-0.2, -0.15) is 0 Å². The van der Waals surface area contributed by atoms with Gasteiger partial charge in [-0.1, -0.05) is 0 Å². The standard InChI is InChI=1S/C16H14O2Se/c1-19-15-10-6-5-9-13(15)14(11-16(17)18)12-7-3-2-4-8-12/h2-11H,1H3,(H,17,18). The van der Waals surface area contributed by atoms with Gasteiger partial charge in [-0.3, -0.25) is 0 Å². The molecule has 2 aromatic rings. The van der Waals surface area contributed by atoms with Crippen LogP contribution in [0.4, 0.5) is 0 Å². The minimum absolute atomic E-state index is 0.322. The first-order valence-electron chi connectivity index (χ1n) is 5.86. The molecule has 0 heterocycles. The van der Waals surface area contributed by atoms with E-state index in [0.29, 0.717) is 15.0 Å². The quantitative estimate of drug-likeness (QED) is 0.695. The molecule has 0 saturated heterocycles. The Labute approximate surface area is 118 Å². The SMILES string of the molecule is C[Se]c1ccccc1C(=CC(=O)O)c1ccccc1. The monoisotopic (exact) mass is 318 g/mol. The summed E-state index contributed by atoms with van der Waals surface area (Å²) < 4.78 is 1.21. The molecule has 1 N–H and O–H groups in total. The molecule has 0 bridgehead atoms. The first-order chi connectivity index (χ1) is 9.22. The van der Waals surface area contributed by atoms with Gasteiger partial charge in [-0.15, -0.1) is 0 Å². The molecular formula is C16H14O2Se. The molecule has 0 atom stereocenters. The van der Waals surface area contributed by atoms with Crippen LogP contribution in [0.15, 0.2) is 60.7 Å². The Hall–Kier alpha value is -1.83. The number of benzene rings is 2. The van der Waals surface area contributed by atoms with E-state index in [1.165, 1.54) is 10.5 Å². The number of hydrogen-bond acceptors (Lipinski definition) is 1. The zero-order chi connectivity index (χ0) is 13.7. The number of carboxylic acids is 1. The molecule has 0 aliphatic rings. The van der Waals surface area contributed by atoms with E-state index in [-0.39, 0.29) is 0 Å². The van der Waals surface area contributed by atoms with Gasteiger partial charge in [0.15, 0.2) is 0 Å². The van der Waals surface area contributed by atoms with Crippen LogP contribution in [-0.4, -0.2) is 26.0 Å².